The summed E-state index contributed by atoms with van der Waals surface area (Å²) in [5.74, 6) is 0. The van der Waals surface area contributed by atoms with Gasteiger partial charge in [-0.1, -0.05) is 44.2 Å². The number of hydrogen-bond donors (Lipinski definition) is 0. The zero-order valence-corrected chi connectivity index (χ0v) is 14.0. The Morgan fingerprint density at radius 1 is 0.950 bits per heavy atom. The molecule has 1 aromatic carbocycles. The van der Waals surface area contributed by atoms with Crippen LogP contribution < -0.4 is 5.19 Å². The molecule has 0 aliphatic rings. The molecule has 1 rings (SSSR count). The highest BCUT2D eigenvalue weighted by Gasteiger charge is 2.40. The van der Waals surface area contributed by atoms with Gasteiger partial charge >= 0.3 is 8.56 Å². The molecule has 0 radical (unpaired) electrons. The van der Waals surface area contributed by atoms with Crippen molar-refractivity contribution in [3.05, 3.63) is 30.3 Å². The summed E-state index contributed by atoms with van der Waals surface area (Å²) in [4.78, 5) is 0. The van der Waals surface area contributed by atoms with Crippen molar-refractivity contribution in [2.24, 2.45) is 10.3 Å². The zero-order valence-electron chi connectivity index (χ0n) is 13.0. The van der Waals surface area contributed by atoms with E-state index in [9.17, 15) is 0 Å². The van der Waals surface area contributed by atoms with Crippen LogP contribution in [0.5, 0.6) is 0 Å². The molecule has 0 aliphatic heterocycles. The Morgan fingerprint density at radius 2 is 1.40 bits per heavy atom. The Bertz CT molecular complexity index is 450. The van der Waals surface area contributed by atoms with Crippen LogP contribution in [-0.4, -0.2) is 20.0 Å². The zero-order chi connectivity index (χ0) is 15.0. The molecular weight excluding hydrogens is 268 g/mol. The van der Waals surface area contributed by atoms with E-state index < -0.39 is 8.56 Å². The highest BCUT2D eigenvalue weighted by molar-refractivity contribution is 6.79. The summed E-state index contributed by atoms with van der Waals surface area (Å²) in [5, 5.41) is 9.37. The molecular formula is C15H24N2O2Si. The van der Waals surface area contributed by atoms with Crippen molar-refractivity contribution in [3.8, 4) is 0 Å². The fourth-order valence-electron chi connectivity index (χ4n) is 1.32. The molecule has 0 saturated heterocycles. The molecule has 110 valence electrons. The van der Waals surface area contributed by atoms with Crippen molar-refractivity contribution >= 4 is 25.2 Å². The van der Waals surface area contributed by atoms with Crippen LogP contribution in [0, 0.1) is 0 Å². The van der Waals surface area contributed by atoms with Gasteiger partial charge in [-0.2, -0.15) is 0 Å². The van der Waals surface area contributed by atoms with Gasteiger partial charge in [0.15, 0.2) is 0 Å². The topological polar surface area (TPSA) is 43.2 Å². The molecule has 0 unspecified atom stereocenters. The number of hydrogen-bond acceptors (Lipinski definition) is 4. The lowest BCUT2D eigenvalue weighted by Gasteiger charge is -2.22. The first kappa shape index (κ1) is 16.4. The summed E-state index contributed by atoms with van der Waals surface area (Å²) in [6.07, 6.45) is 1.72. The summed E-state index contributed by atoms with van der Waals surface area (Å²) < 4.78 is 11.5. The standard InChI is InChI=1S/C15H24N2O2Si/c1-6-13(3)16-18-20(5,19-17-14(4)7-2)15-11-9-8-10-12-15/h8-12H,6-7H2,1-5H3. The van der Waals surface area contributed by atoms with E-state index in [1.165, 1.54) is 0 Å². The fourth-order valence-corrected chi connectivity index (χ4v) is 3.02. The lowest BCUT2D eigenvalue weighted by atomic mass is 10.3. The normalized spacial score (nSPS) is 15.7. The van der Waals surface area contributed by atoms with Crippen LogP contribution >= 0.6 is 0 Å². The monoisotopic (exact) mass is 292 g/mol. The number of rotatable bonds is 7. The van der Waals surface area contributed by atoms with Crippen LogP contribution in [0.25, 0.3) is 0 Å². The largest absolute Gasteiger partial charge is 0.538 e. The van der Waals surface area contributed by atoms with Crippen LogP contribution in [0.3, 0.4) is 0 Å². The minimum absolute atomic E-state index is 0.858. The van der Waals surface area contributed by atoms with Crippen molar-refractivity contribution in [3.63, 3.8) is 0 Å². The summed E-state index contributed by atoms with van der Waals surface area (Å²) in [5.41, 5.74) is 1.89. The molecule has 0 aliphatic carbocycles. The van der Waals surface area contributed by atoms with E-state index in [1.54, 1.807) is 0 Å². The number of benzene rings is 1. The van der Waals surface area contributed by atoms with Gasteiger partial charge in [-0.15, -0.1) is 10.3 Å². The maximum atomic E-state index is 5.76. The molecule has 5 heteroatoms. The van der Waals surface area contributed by atoms with Gasteiger partial charge < -0.3 is 9.05 Å². The quantitative estimate of drug-likeness (QED) is 0.438. The highest BCUT2D eigenvalue weighted by atomic mass is 28.4. The first-order valence-electron chi connectivity index (χ1n) is 7.00. The Hall–Kier alpha value is -1.62. The van der Waals surface area contributed by atoms with Crippen molar-refractivity contribution in [1.82, 2.24) is 0 Å². The second-order valence-electron chi connectivity index (χ2n) is 4.85. The van der Waals surface area contributed by atoms with E-state index in [2.05, 4.69) is 10.3 Å². The summed E-state index contributed by atoms with van der Waals surface area (Å²) in [6.45, 7) is 9.94. The summed E-state index contributed by atoms with van der Waals surface area (Å²) in [6, 6.07) is 9.92. The third-order valence-electron chi connectivity index (χ3n) is 3.07. The molecule has 0 N–H and O–H groups in total. The average Bonchev–Trinajstić information content (AvgIpc) is 2.51. The third kappa shape index (κ3) is 4.81. The van der Waals surface area contributed by atoms with Crippen molar-refractivity contribution < 1.29 is 9.05 Å². The van der Waals surface area contributed by atoms with Gasteiger partial charge in [0, 0.05) is 11.7 Å². The second-order valence-corrected chi connectivity index (χ2v) is 7.69. The Morgan fingerprint density at radius 3 is 1.80 bits per heavy atom. The van der Waals surface area contributed by atoms with Gasteiger partial charge in [-0.25, -0.2) is 0 Å². The lowest BCUT2D eigenvalue weighted by molar-refractivity contribution is 0.198. The van der Waals surface area contributed by atoms with E-state index in [0.717, 1.165) is 29.5 Å². The van der Waals surface area contributed by atoms with Gasteiger partial charge in [0.05, 0.1) is 11.4 Å². The van der Waals surface area contributed by atoms with Crippen molar-refractivity contribution in [1.29, 1.82) is 0 Å². The minimum atomic E-state index is -2.66. The first-order chi connectivity index (χ1) is 9.51. The molecule has 0 bridgehead atoms. The van der Waals surface area contributed by atoms with Gasteiger partial charge in [0.25, 0.3) is 0 Å². The highest BCUT2D eigenvalue weighted by Crippen LogP contribution is 2.10. The minimum Gasteiger partial charge on any atom is -0.403 e. The smallest absolute Gasteiger partial charge is 0.403 e. The number of nitrogens with zero attached hydrogens (tertiary/aromatic N) is 2. The van der Waals surface area contributed by atoms with Crippen LogP contribution in [0.4, 0.5) is 0 Å². The van der Waals surface area contributed by atoms with Crippen molar-refractivity contribution in [2.75, 3.05) is 0 Å². The van der Waals surface area contributed by atoms with Crippen molar-refractivity contribution in [2.45, 2.75) is 47.1 Å². The Kier molecular flexibility index (Phi) is 6.44. The molecule has 0 atom stereocenters. The third-order valence-corrected chi connectivity index (χ3v) is 5.33. The molecule has 4 nitrogen and oxygen atoms in total. The molecule has 0 amide bonds. The van der Waals surface area contributed by atoms with E-state index in [4.69, 9.17) is 9.05 Å². The average molecular weight is 292 g/mol. The molecule has 20 heavy (non-hydrogen) atoms. The van der Waals surface area contributed by atoms with E-state index >= 15 is 0 Å². The molecule has 1 aromatic rings. The number of oxime groups is 2. The molecule has 0 fully saturated rings. The van der Waals surface area contributed by atoms with Gasteiger partial charge in [-0.05, 0) is 26.7 Å². The maximum Gasteiger partial charge on any atom is 0.538 e. The lowest BCUT2D eigenvalue weighted by Crippen LogP contribution is -2.49. The SMILES string of the molecule is CCC(C)=NO[Si](C)(ON=C(C)CC)c1ccccc1. The predicted molar refractivity (Wildman–Crippen MR) is 86.7 cm³/mol. The molecule has 0 spiro atoms. The summed E-state index contributed by atoms with van der Waals surface area (Å²) in [7, 11) is -2.66. The summed E-state index contributed by atoms with van der Waals surface area (Å²) >= 11 is 0. The molecule has 0 saturated carbocycles. The van der Waals surface area contributed by atoms with E-state index in [0.29, 0.717) is 0 Å². The van der Waals surface area contributed by atoms with Crippen LogP contribution in [-0.2, 0) is 9.05 Å². The second kappa shape index (κ2) is 7.84. The Balaban J connectivity index is 3.00. The first-order valence-corrected chi connectivity index (χ1v) is 9.32. The van der Waals surface area contributed by atoms with E-state index in [1.807, 2.05) is 64.6 Å². The fraction of sp³-hybridized carbons (Fsp3) is 0.467. The van der Waals surface area contributed by atoms with Crippen LogP contribution in [0.2, 0.25) is 6.55 Å². The van der Waals surface area contributed by atoms with Crippen LogP contribution in [0.15, 0.2) is 40.6 Å². The van der Waals surface area contributed by atoms with E-state index in [-0.39, 0.29) is 0 Å². The van der Waals surface area contributed by atoms with Crippen LogP contribution in [0.1, 0.15) is 40.5 Å². The molecule has 0 heterocycles. The Labute approximate surface area is 122 Å². The van der Waals surface area contributed by atoms with Gasteiger partial charge in [0.2, 0.25) is 0 Å². The van der Waals surface area contributed by atoms with Gasteiger partial charge in [0.1, 0.15) is 0 Å². The predicted octanol–water partition coefficient (Wildman–Crippen LogP) is 3.57. The molecule has 0 aromatic heterocycles. The maximum absolute atomic E-state index is 5.76. The van der Waals surface area contributed by atoms with Gasteiger partial charge in [-0.3, -0.25) is 0 Å².